The Morgan fingerprint density at radius 3 is 2.40 bits per heavy atom. The van der Waals surface area contributed by atoms with Crippen LogP contribution in [0.4, 0.5) is 8.78 Å². The fourth-order valence-corrected chi connectivity index (χ4v) is 2.65. The van der Waals surface area contributed by atoms with Crippen LogP contribution >= 0.6 is 0 Å². The number of nitrogens with one attached hydrogen (secondary N) is 1. The largest absolute Gasteiger partial charge is 0.460 e. The molecule has 6 nitrogen and oxygen atoms in total. The molecule has 0 bridgehead atoms. The summed E-state index contributed by atoms with van der Waals surface area (Å²) >= 11 is 0. The molecule has 0 aromatic heterocycles. The van der Waals surface area contributed by atoms with Crippen molar-refractivity contribution in [2.45, 2.75) is 83.8 Å². The molecule has 1 aliphatic rings. The van der Waals surface area contributed by atoms with Crippen LogP contribution < -0.4 is 11.1 Å². The molecule has 0 aliphatic heterocycles. The van der Waals surface area contributed by atoms with Gasteiger partial charge in [-0.1, -0.05) is 13.8 Å². The Labute approximate surface area is 147 Å². The topological polar surface area (TPSA) is 90.6 Å². The number of hydrogen-bond acceptors (Lipinski definition) is 5. The molecule has 1 aliphatic carbocycles. The molecule has 3 atom stereocenters. The summed E-state index contributed by atoms with van der Waals surface area (Å²) < 4.78 is 36.2. The Bertz CT molecular complexity index is 493. The third kappa shape index (κ3) is 6.36. The number of carbonyl (C=O) groups excluding carboxylic acids is 2. The van der Waals surface area contributed by atoms with E-state index in [1.165, 1.54) is 0 Å². The maximum Gasteiger partial charge on any atom is 0.334 e. The molecule has 1 amide bonds. The van der Waals surface area contributed by atoms with Crippen LogP contribution in [0.3, 0.4) is 0 Å². The van der Waals surface area contributed by atoms with E-state index < -0.39 is 36.5 Å². The van der Waals surface area contributed by atoms with Crippen LogP contribution in [-0.4, -0.2) is 48.7 Å². The van der Waals surface area contributed by atoms with Gasteiger partial charge in [-0.3, -0.25) is 4.79 Å². The van der Waals surface area contributed by atoms with Gasteiger partial charge in [0.1, 0.15) is 0 Å². The summed E-state index contributed by atoms with van der Waals surface area (Å²) in [6.07, 6.45) is -1.14. The summed E-state index contributed by atoms with van der Waals surface area (Å²) in [5, 5.41) is 2.20. The lowest BCUT2D eigenvalue weighted by Crippen LogP contribution is -2.57. The molecule has 0 unspecified atom stereocenters. The lowest BCUT2D eigenvalue weighted by Gasteiger charge is -2.36. The quantitative estimate of drug-likeness (QED) is 0.644. The average Bonchev–Trinajstić information content (AvgIpc) is 2.54. The number of esters is 1. The Morgan fingerprint density at radius 2 is 1.92 bits per heavy atom. The molecule has 25 heavy (non-hydrogen) atoms. The van der Waals surface area contributed by atoms with Crippen molar-refractivity contribution in [3.05, 3.63) is 11.6 Å². The first-order valence-corrected chi connectivity index (χ1v) is 8.60. The van der Waals surface area contributed by atoms with Crippen LogP contribution in [0.5, 0.6) is 0 Å². The summed E-state index contributed by atoms with van der Waals surface area (Å²) in [5.41, 5.74) is 6.38. The van der Waals surface area contributed by atoms with Gasteiger partial charge in [-0.2, -0.15) is 8.78 Å². The number of carbonyl (C=O) groups is 2. The van der Waals surface area contributed by atoms with E-state index in [2.05, 4.69) is 5.32 Å². The molecular formula is C17H28F2N2O4. The molecule has 0 spiro atoms. The monoisotopic (exact) mass is 362 g/mol. The van der Waals surface area contributed by atoms with Crippen molar-refractivity contribution in [2.75, 3.05) is 0 Å². The maximum absolute atomic E-state index is 12.6. The van der Waals surface area contributed by atoms with E-state index in [1.54, 1.807) is 19.9 Å². The first kappa shape index (κ1) is 21.5. The van der Waals surface area contributed by atoms with Gasteiger partial charge in [0.2, 0.25) is 0 Å². The second-order valence-corrected chi connectivity index (χ2v) is 6.38. The Morgan fingerprint density at radius 1 is 1.32 bits per heavy atom. The summed E-state index contributed by atoms with van der Waals surface area (Å²) in [5.74, 6) is -1.98. The molecular weight excluding hydrogens is 334 g/mol. The fraction of sp³-hybridized carbons (Fsp3) is 0.765. The Hall–Kier alpha value is -1.54. The SMILES string of the molecule is CCC(CC)O[C@@H]1C=C(C(=O)OC(C)C)C[C@H](NC(=O)C(F)F)[C@H]1N. The number of amides is 1. The predicted molar refractivity (Wildman–Crippen MR) is 89.1 cm³/mol. The molecule has 0 saturated heterocycles. The molecule has 0 fully saturated rings. The van der Waals surface area contributed by atoms with Crippen LogP contribution in [0.1, 0.15) is 47.0 Å². The van der Waals surface area contributed by atoms with Crippen molar-refractivity contribution in [2.24, 2.45) is 5.73 Å². The first-order chi connectivity index (χ1) is 11.7. The van der Waals surface area contributed by atoms with E-state index in [0.29, 0.717) is 0 Å². The second-order valence-electron chi connectivity index (χ2n) is 6.38. The van der Waals surface area contributed by atoms with Gasteiger partial charge >= 0.3 is 12.4 Å². The summed E-state index contributed by atoms with van der Waals surface area (Å²) in [6.45, 7) is 7.33. The van der Waals surface area contributed by atoms with Crippen LogP contribution in [0, 0.1) is 0 Å². The van der Waals surface area contributed by atoms with Crippen molar-refractivity contribution < 1.29 is 27.8 Å². The van der Waals surface area contributed by atoms with Gasteiger partial charge in [-0.05, 0) is 32.8 Å². The van der Waals surface area contributed by atoms with Crippen LogP contribution in [0.2, 0.25) is 0 Å². The van der Waals surface area contributed by atoms with Crippen LogP contribution in [-0.2, 0) is 19.1 Å². The van der Waals surface area contributed by atoms with E-state index in [9.17, 15) is 18.4 Å². The number of ether oxygens (including phenoxy) is 2. The predicted octanol–water partition coefficient (Wildman–Crippen LogP) is 1.92. The maximum atomic E-state index is 12.6. The molecule has 8 heteroatoms. The highest BCUT2D eigenvalue weighted by Gasteiger charge is 2.37. The molecule has 0 aromatic carbocycles. The van der Waals surface area contributed by atoms with Gasteiger partial charge < -0.3 is 20.5 Å². The van der Waals surface area contributed by atoms with Gasteiger partial charge in [0.15, 0.2) is 0 Å². The van der Waals surface area contributed by atoms with E-state index in [1.807, 2.05) is 13.8 Å². The molecule has 0 saturated carbocycles. The van der Waals surface area contributed by atoms with Gasteiger partial charge in [0.05, 0.1) is 30.4 Å². The van der Waals surface area contributed by atoms with Gasteiger partial charge in [-0.25, -0.2) is 4.79 Å². The molecule has 0 heterocycles. The Kier molecular flexibility index (Phi) is 8.44. The second kappa shape index (κ2) is 9.82. The van der Waals surface area contributed by atoms with Gasteiger partial charge in [0, 0.05) is 12.0 Å². The number of alkyl halides is 2. The van der Waals surface area contributed by atoms with E-state index in [-0.39, 0.29) is 24.2 Å². The van der Waals surface area contributed by atoms with Crippen molar-refractivity contribution >= 4 is 11.9 Å². The lowest BCUT2D eigenvalue weighted by atomic mass is 9.88. The summed E-state index contributed by atoms with van der Waals surface area (Å²) in [4.78, 5) is 23.6. The minimum Gasteiger partial charge on any atom is -0.460 e. The molecule has 1 rings (SSSR count). The lowest BCUT2D eigenvalue weighted by molar-refractivity contribution is -0.143. The first-order valence-electron chi connectivity index (χ1n) is 8.60. The molecule has 0 aromatic rings. The highest BCUT2D eigenvalue weighted by molar-refractivity contribution is 5.89. The third-order valence-electron chi connectivity index (χ3n) is 4.04. The van der Waals surface area contributed by atoms with Crippen molar-refractivity contribution in [3.8, 4) is 0 Å². The van der Waals surface area contributed by atoms with E-state index >= 15 is 0 Å². The van der Waals surface area contributed by atoms with Gasteiger partial charge in [0.25, 0.3) is 5.91 Å². The fourth-order valence-electron chi connectivity index (χ4n) is 2.65. The van der Waals surface area contributed by atoms with Crippen molar-refractivity contribution in [1.29, 1.82) is 0 Å². The highest BCUT2D eigenvalue weighted by Crippen LogP contribution is 2.24. The van der Waals surface area contributed by atoms with Crippen molar-refractivity contribution in [1.82, 2.24) is 5.32 Å². The molecule has 144 valence electrons. The smallest absolute Gasteiger partial charge is 0.334 e. The van der Waals surface area contributed by atoms with Crippen LogP contribution in [0.15, 0.2) is 11.6 Å². The van der Waals surface area contributed by atoms with Gasteiger partial charge in [-0.15, -0.1) is 0 Å². The number of nitrogens with two attached hydrogens (primary N) is 1. The zero-order valence-electron chi connectivity index (χ0n) is 15.1. The van der Waals surface area contributed by atoms with Crippen LogP contribution in [0.25, 0.3) is 0 Å². The summed E-state index contributed by atoms with van der Waals surface area (Å²) in [7, 11) is 0. The zero-order chi connectivity index (χ0) is 19.1. The minimum atomic E-state index is -3.15. The minimum absolute atomic E-state index is 0.0218. The highest BCUT2D eigenvalue weighted by atomic mass is 19.3. The molecule has 0 radical (unpaired) electrons. The normalized spacial score (nSPS) is 23.8. The standard InChI is InChI=1S/C17H28F2N2O4/c1-5-11(6-2)25-13-8-10(17(23)24-9(3)4)7-12(14(13)20)21-16(22)15(18)19/h8-9,11-15H,5-7,20H2,1-4H3,(H,21,22)/t12-,13+,14+/m0/s1. The van der Waals surface area contributed by atoms with Crippen molar-refractivity contribution in [3.63, 3.8) is 0 Å². The average molecular weight is 362 g/mol. The third-order valence-corrected chi connectivity index (χ3v) is 4.04. The van der Waals surface area contributed by atoms with E-state index in [0.717, 1.165) is 12.8 Å². The number of halogens is 2. The number of hydrogen-bond donors (Lipinski definition) is 2. The number of rotatable bonds is 8. The molecule has 3 N–H and O–H groups in total. The Balaban J connectivity index is 3.01. The summed E-state index contributed by atoms with van der Waals surface area (Å²) in [6, 6.07) is -1.57. The van der Waals surface area contributed by atoms with E-state index in [4.69, 9.17) is 15.2 Å². The zero-order valence-corrected chi connectivity index (χ0v) is 15.1.